The Morgan fingerprint density at radius 2 is 2.05 bits per heavy atom. The van der Waals surface area contributed by atoms with Crippen LogP contribution in [0.4, 0.5) is 0 Å². The van der Waals surface area contributed by atoms with Gasteiger partial charge in [-0.25, -0.2) is 4.68 Å². The van der Waals surface area contributed by atoms with E-state index >= 15 is 0 Å². The van der Waals surface area contributed by atoms with Gasteiger partial charge in [0.2, 0.25) is 0 Å². The Hall–Kier alpha value is -2.18. The average Bonchev–Trinajstić information content (AvgIpc) is 2.85. The molecule has 0 aliphatic rings. The lowest BCUT2D eigenvalue weighted by Gasteiger charge is -2.07. The lowest BCUT2D eigenvalue weighted by atomic mass is 10.1. The van der Waals surface area contributed by atoms with Crippen molar-refractivity contribution in [1.29, 1.82) is 0 Å². The van der Waals surface area contributed by atoms with Crippen LogP contribution in [0.1, 0.15) is 24.0 Å². The van der Waals surface area contributed by atoms with Crippen molar-refractivity contribution in [3.05, 3.63) is 17.1 Å². The summed E-state index contributed by atoms with van der Waals surface area (Å²) in [6.45, 7) is 7.49. The van der Waals surface area contributed by atoms with Crippen LogP contribution in [0.15, 0.2) is 4.42 Å². The smallest absolute Gasteiger partial charge is 0.308 e. The summed E-state index contributed by atoms with van der Waals surface area (Å²) >= 11 is 0. The molecule has 2 rings (SSSR count). The number of nitrogens with zero attached hydrogens (tertiary/aromatic N) is 4. The predicted octanol–water partition coefficient (Wildman–Crippen LogP) is 1.58. The van der Waals surface area contributed by atoms with Gasteiger partial charge in [0, 0.05) is 5.56 Å². The quantitative estimate of drug-likeness (QED) is 0.900. The fraction of sp³-hybridized carbons (Fsp3) is 0.500. The van der Waals surface area contributed by atoms with E-state index in [2.05, 4.69) is 15.5 Å². The number of tetrazole rings is 1. The van der Waals surface area contributed by atoms with Gasteiger partial charge in [-0.3, -0.25) is 4.79 Å². The van der Waals surface area contributed by atoms with E-state index in [1.54, 1.807) is 6.92 Å². The van der Waals surface area contributed by atoms with Gasteiger partial charge >= 0.3 is 5.97 Å². The summed E-state index contributed by atoms with van der Waals surface area (Å²) in [4.78, 5) is 10.9. The summed E-state index contributed by atoms with van der Waals surface area (Å²) in [5, 5.41) is 20.4. The van der Waals surface area contributed by atoms with Crippen LogP contribution >= 0.6 is 0 Å². The van der Waals surface area contributed by atoms with Crippen molar-refractivity contribution in [2.24, 2.45) is 5.92 Å². The minimum Gasteiger partial charge on any atom is -0.481 e. The fourth-order valence-electron chi connectivity index (χ4n) is 1.97. The Morgan fingerprint density at radius 1 is 1.37 bits per heavy atom. The number of aryl methyl sites for hydroxylation is 2. The van der Waals surface area contributed by atoms with Crippen molar-refractivity contribution in [3.63, 3.8) is 0 Å². The Labute approximate surface area is 110 Å². The van der Waals surface area contributed by atoms with Gasteiger partial charge in [-0.15, -0.1) is 5.10 Å². The molecule has 102 valence electrons. The molecule has 0 aromatic carbocycles. The highest BCUT2D eigenvalue weighted by molar-refractivity contribution is 5.69. The largest absolute Gasteiger partial charge is 0.481 e. The molecule has 0 bridgehead atoms. The summed E-state index contributed by atoms with van der Waals surface area (Å²) in [7, 11) is 0. The van der Waals surface area contributed by atoms with Gasteiger partial charge in [-0.1, -0.05) is 6.92 Å². The third kappa shape index (κ3) is 2.35. The number of carbonyl (C=O) groups is 1. The Balaban J connectivity index is 2.42. The molecule has 0 radical (unpaired) electrons. The number of furan rings is 1. The minimum atomic E-state index is -0.877. The zero-order valence-electron chi connectivity index (χ0n) is 11.3. The number of rotatable bonds is 4. The molecule has 0 aliphatic carbocycles. The molecule has 0 saturated heterocycles. The molecule has 1 unspecified atom stereocenters. The molecular weight excluding hydrogens is 248 g/mol. The molecular formula is C12H16N4O3. The maximum atomic E-state index is 10.9. The summed E-state index contributed by atoms with van der Waals surface area (Å²) in [5.74, 6) is 0.649. The van der Waals surface area contributed by atoms with Gasteiger partial charge in [-0.2, -0.15) is 0 Å². The second-order valence-electron chi connectivity index (χ2n) is 4.64. The minimum absolute atomic E-state index is 0.223. The van der Waals surface area contributed by atoms with Crippen LogP contribution in [0.25, 0.3) is 11.4 Å². The first-order valence-corrected chi connectivity index (χ1v) is 5.97. The molecule has 1 N–H and O–H groups in total. The molecule has 1 atom stereocenters. The van der Waals surface area contributed by atoms with Crippen molar-refractivity contribution in [2.45, 2.75) is 34.2 Å². The molecule has 19 heavy (non-hydrogen) atoms. The Morgan fingerprint density at radius 3 is 2.58 bits per heavy atom. The van der Waals surface area contributed by atoms with E-state index in [0.29, 0.717) is 5.82 Å². The van der Waals surface area contributed by atoms with Crippen LogP contribution in [0, 0.1) is 26.7 Å². The number of aromatic nitrogens is 4. The monoisotopic (exact) mass is 264 g/mol. The standard InChI is InChI=1S/C12H16N4O3/c1-6(12(17)18)5-16-11(13-14-15-16)10-7(2)8(3)19-9(10)4/h6H,5H2,1-4H3,(H,17,18). The molecule has 0 fully saturated rings. The van der Waals surface area contributed by atoms with Gasteiger partial charge in [0.15, 0.2) is 5.82 Å². The van der Waals surface area contributed by atoms with Crippen LogP contribution in [0.5, 0.6) is 0 Å². The third-order valence-electron chi connectivity index (χ3n) is 3.19. The molecule has 2 aromatic heterocycles. The predicted molar refractivity (Wildman–Crippen MR) is 66.5 cm³/mol. The van der Waals surface area contributed by atoms with Crippen molar-refractivity contribution in [3.8, 4) is 11.4 Å². The molecule has 0 saturated carbocycles. The van der Waals surface area contributed by atoms with Crippen LogP contribution < -0.4 is 0 Å². The number of aliphatic carboxylic acids is 1. The molecule has 7 nitrogen and oxygen atoms in total. The van der Waals surface area contributed by atoms with Gasteiger partial charge < -0.3 is 9.52 Å². The van der Waals surface area contributed by atoms with E-state index in [1.165, 1.54) is 4.68 Å². The highest BCUT2D eigenvalue weighted by Crippen LogP contribution is 2.29. The summed E-state index contributed by atoms with van der Waals surface area (Å²) < 4.78 is 7.05. The second kappa shape index (κ2) is 4.83. The SMILES string of the molecule is Cc1oc(C)c(-c2nnnn2CC(C)C(=O)O)c1C. The highest BCUT2D eigenvalue weighted by atomic mass is 16.4. The van der Waals surface area contributed by atoms with E-state index in [1.807, 2.05) is 20.8 Å². The summed E-state index contributed by atoms with van der Waals surface area (Å²) in [6, 6.07) is 0. The topological polar surface area (TPSA) is 94.0 Å². The molecule has 2 aromatic rings. The highest BCUT2D eigenvalue weighted by Gasteiger charge is 2.21. The van der Waals surface area contributed by atoms with Gasteiger partial charge in [0.25, 0.3) is 0 Å². The van der Waals surface area contributed by atoms with Gasteiger partial charge in [0.05, 0.1) is 18.0 Å². The van der Waals surface area contributed by atoms with E-state index in [0.717, 1.165) is 22.6 Å². The normalized spacial score (nSPS) is 12.6. The molecule has 0 spiro atoms. The molecule has 7 heteroatoms. The molecule has 0 amide bonds. The van der Waals surface area contributed by atoms with E-state index < -0.39 is 11.9 Å². The van der Waals surface area contributed by atoms with Crippen molar-refractivity contribution >= 4 is 5.97 Å². The summed E-state index contributed by atoms with van der Waals surface area (Å²) in [5.41, 5.74) is 1.80. The van der Waals surface area contributed by atoms with E-state index in [-0.39, 0.29) is 6.54 Å². The lowest BCUT2D eigenvalue weighted by molar-refractivity contribution is -0.141. The second-order valence-corrected chi connectivity index (χ2v) is 4.64. The first-order chi connectivity index (χ1) is 8.91. The number of hydrogen-bond donors (Lipinski definition) is 1. The first-order valence-electron chi connectivity index (χ1n) is 5.97. The van der Waals surface area contributed by atoms with Crippen molar-refractivity contribution in [1.82, 2.24) is 20.2 Å². The van der Waals surface area contributed by atoms with Crippen molar-refractivity contribution < 1.29 is 14.3 Å². The lowest BCUT2D eigenvalue weighted by Crippen LogP contribution is -2.18. The zero-order valence-corrected chi connectivity index (χ0v) is 11.3. The van der Waals surface area contributed by atoms with Crippen LogP contribution in [0.3, 0.4) is 0 Å². The van der Waals surface area contributed by atoms with Crippen LogP contribution in [-0.2, 0) is 11.3 Å². The number of hydrogen-bond acceptors (Lipinski definition) is 5. The fourth-order valence-corrected chi connectivity index (χ4v) is 1.97. The van der Waals surface area contributed by atoms with Gasteiger partial charge in [0.1, 0.15) is 11.5 Å². The van der Waals surface area contributed by atoms with E-state index in [9.17, 15) is 4.79 Å². The summed E-state index contributed by atoms with van der Waals surface area (Å²) in [6.07, 6.45) is 0. The first kappa shape index (κ1) is 13.3. The number of carboxylic acids is 1. The average molecular weight is 264 g/mol. The third-order valence-corrected chi connectivity index (χ3v) is 3.19. The Kier molecular flexibility index (Phi) is 3.37. The molecule has 2 heterocycles. The van der Waals surface area contributed by atoms with E-state index in [4.69, 9.17) is 9.52 Å². The Bertz CT molecular complexity index is 615. The van der Waals surface area contributed by atoms with Gasteiger partial charge in [-0.05, 0) is 31.2 Å². The zero-order chi connectivity index (χ0) is 14.2. The maximum absolute atomic E-state index is 10.9. The number of carboxylic acid groups (broad SMARTS) is 1. The van der Waals surface area contributed by atoms with Crippen molar-refractivity contribution in [2.75, 3.05) is 0 Å². The maximum Gasteiger partial charge on any atom is 0.308 e. The van der Waals surface area contributed by atoms with Crippen LogP contribution in [0.2, 0.25) is 0 Å². The molecule has 0 aliphatic heterocycles. The van der Waals surface area contributed by atoms with Crippen LogP contribution in [-0.4, -0.2) is 31.3 Å².